The molecule has 1 aliphatic heterocycles. The first-order chi connectivity index (χ1) is 8.15. The summed E-state index contributed by atoms with van der Waals surface area (Å²) in [7, 11) is 5.47. The molecular weight excluding hydrogens is 220 g/mol. The third kappa shape index (κ3) is 4.73. The van der Waals surface area contributed by atoms with Gasteiger partial charge in [-0.2, -0.15) is 0 Å². The quantitative estimate of drug-likeness (QED) is 0.492. The van der Waals surface area contributed by atoms with Gasteiger partial charge in [0, 0.05) is 20.1 Å². The van der Waals surface area contributed by atoms with Crippen molar-refractivity contribution in [1.82, 2.24) is 9.80 Å². The maximum Gasteiger partial charge on any atom is 0.252 e. The summed E-state index contributed by atoms with van der Waals surface area (Å²) < 4.78 is 10.1. The van der Waals surface area contributed by atoms with Crippen molar-refractivity contribution in [2.75, 3.05) is 47.6 Å². The van der Waals surface area contributed by atoms with Gasteiger partial charge in [-0.25, -0.2) is 0 Å². The Morgan fingerprint density at radius 2 is 2.24 bits per heavy atom. The van der Waals surface area contributed by atoms with E-state index in [9.17, 15) is 4.79 Å². The van der Waals surface area contributed by atoms with E-state index >= 15 is 0 Å². The second kappa shape index (κ2) is 7.28. The van der Waals surface area contributed by atoms with Gasteiger partial charge in [-0.3, -0.25) is 9.69 Å². The molecule has 1 aliphatic rings. The molecule has 0 aromatic carbocycles. The van der Waals surface area contributed by atoms with Crippen LogP contribution in [-0.2, 0) is 14.3 Å². The molecule has 96 valence electrons. The van der Waals surface area contributed by atoms with Crippen molar-refractivity contribution in [1.29, 1.82) is 0 Å². The second-order valence-corrected chi connectivity index (χ2v) is 4.20. The van der Waals surface area contributed by atoms with Gasteiger partial charge in [0.05, 0.1) is 13.1 Å². The van der Waals surface area contributed by atoms with Gasteiger partial charge in [-0.1, -0.05) is 11.8 Å². The summed E-state index contributed by atoms with van der Waals surface area (Å²) in [5.41, 5.74) is 0. The molecule has 0 aliphatic carbocycles. The first kappa shape index (κ1) is 14.0. The monoisotopic (exact) mass is 240 g/mol. The Bertz CT molecular complexity index is 307. The van der Waals surface area contributed by atoms with Gasteiger partial charge in [0.15, 0.2) is 0 Å². The van der Waals surface area contributed by atoms with Crippen molar-refractivity contribution in [2.24, 2.45) is 0 Å². The SMILES string of the molecule is COCOC1CCN(CC#CCN(C)C)C1=O. The number of amides is 1. The normalized spacial score (nSPS) is 19.6. The van der Waals surface area contributed by atoms with Crippen LogP contribution in [0.4, 0.5) is 0 Å². The number of rotatable bonds is 5. The van der Waals surface area contributed by atoms with E-state index in [1.165, 1.54) is 0 Å². The van der Waals surface area contributed by atoms with E-state index < -0.39 is 0 Å². The second-order valence-electron chi connectivity index (χ2n) is 4.20. The van der Waals surface area contributed by atoms with E-state index in [0.29, 0.717) is 19.6 Å². The average Bonchev–Trinajstić information content (AvgIpc) is 2.63. The fourth-order valence-electron chi connectivity index (χ4n) is 1.54. The third-order valence-corrected chi connectivity index (χ3v) is 2.43. The van der Waals surface area contributed by atoms with Crippen molar-refractivity contribution in [3.05, 3.63) is 0 Å². The van der Waals surface area contributed by atoms with E-state index in [1.54, 1.807) is 12.0 Å². The van der Waals surface area contributed by atoms with Gasteiger partial charge in [0.25, 0.3) is 5.91 Å². The summed E-state index contributed by atoms with van der Waals surface area (Å²) in [6.45, 7) is 2.07. The molecule has 1 saturated heterocycles. The van der Waals surface area contributed by atoms with Crippen LogP contribution in [0, 0.1) is 11.8 Å². The zero-order valence-corrected chi connectivity index (χ0v) is 10.7. The van der Waals surface area contributed by atoms with Crippen LogP contribution in [-0.4, -0.2) is 69.4 Å². The molecule has 5 nitrogen and oxygen atoms in total. The summed E-state index contributed by atoms with van der Waals surface area (Å²) in [4.78, 5) is 15.5. The summed E-state index contributed by atoms with van der Waals surface area (Å²) in [5.74, 6) is 6.01. The Balaban J connectivity index is 2.31. The van der Waals surface area contributed by atoms with Crippen LogP contribution in [0.1, 0.15) is 6.42 Å². The zero-order chi connectivity index (χ0) is 12.7. The van der Waals surface area contributed by atoms with E-state index in [-0.39, 0.29) is 18.8 Å². The molecule has 0 N–H and O–H groups in total. The molecule has 1 atom stereocenters. The smallest absolute Gasteiger partial charge is 0.252 e. The Hall–Kier alpha value is -1.09. The summed E-state index contributed by atoms with van der Waals surface area (Å²) in [6.07, 6.45) is 0.364. The highest BCUT2D eigenvalue weighted by molar-refractivity contribution is 5.83. The van der Waals surface area contributed by atoms with Crippen molar-refractivity contribution < 1.29 is 14.3 Å². The minimum atomic E-state index is -0.356. The maximum absolute atomic E-state index is 11.8. The lowest BCUT2D eigenvalue weighted by Crippen LogP contribution is -2.31. The van der Waals surface area contributed by atoms with Crippen LogP contribution in [0.5, 0.6) is 0 Å². The Morgan fingerprint density at radius 3 is 2.88 bits per heavy atom. The van der Waals surface area contributed by atoms with E-state index in [0.717, 1.165) is 6.42 Å². The average molecular weight is 240 g/mol. The molecule has 0 aromatic heterocycles. The molecule has 1 fully saturated rings. The fourth-order valence-corrected chi connectivity index (χ4v) is 1.54. The van der Waals surface area contributed by atoms with E-state index in [4.69, 9.17) is 9.47 Å². The molecular formula is C12H20N2O3. The topological polar surface area (TPSA) is 42.0 Å². The molecule has 1 unspecified atom stereocenters. The molecule has 1 heterocycles. The molecule has 0 bridgehead atoms. The lowest BCUT2D eigenvalue weighted by molar-refractivity contribution is -0.144. The first-order valence-electron chi connectivity index (χ1n) is 5.65. The molecule has 0 radical (unpaired) electrons. The van der Waals surface area contributed by atoms with Gasteiger partial charge in [-0.15, -0.1) is 0 Å². The number of methoxy groups -OCH3 is 1. The van der Waals surface area contributed by atoms with Gasteiger partial charge in [-0.05, 0) is 14.1 Å². The highest BCUT2D eigenvalue weighted by Gasteiger charge is 2.31. The Kier molecular flexibility index (Phi) is 5.98. The van der Waals surface area contributed by atoms with Gasteiger partial charge in [0.1, 0.15) is 12.9 Å². The van der Waals surface area contributed by atoms with Gasteiger partial charge in [0.2, 0.25) is 0 Å². The van der Waals surface area contributed by atoms with Gasteiger partial charge < -0.3 is 14.4 Å². The van der Waals surface area contributed by atoms with Crippen molar-refractivity contribution in [3.8, 4) is 11.8 Å². The molecule has 1 rings (SSSR count). The molecule has 0 spiro atoms. The van der Waals surface area contributed by atoms with Crippen LogP contribution >= 0.6 is 0 Å². The van der Waals surface area contributed by atoms with Crippen LogP contribution < -0.4 is 0 Å². The number of hydrogen-bond donors (Lipinski definition) is 0. The predicted octanol–water partition coefficient (Wildman–Crippen LogP) is -0.227. The van der Waals surface area contributed by atoms with Crippen LogP contribution in [0.2, 0.25) is 0 Å². The highest BCUT2D eigenvalue weighted by atomic mass is 16.7. The van der Waals surface area contributed by atoms with Crippen molar-refractivity contribution in [3.63, 3.8) is 0 Å². The standard InChI is InChI=1S/C12H20N2O3/c1-13(2)7-4-5-8-14-9-6-11(12(14)15)17-10-16-3/h11H,6-10H2,1-3H3. The number of likely N-dealkylation sites (tertiary alicyclic amines) is 1. The highest BCUT2D eigenvalue weighted by Crippen LogP contribution is 2.13. The molecule has 1 amide bonds. The van der Waals surface area contributed by atoms with Crippen LogP contribution in [0.25, 0.3) is 0 Å². The number of nitrogens with zero attached hydrogens (tertiary/aromatic N) is 2. The Morgan fingerprint density at radius 1 is 1.47 bits per heavy atom. The minimum Gasteiger partial charge on any atom is -0.359 e. The van der Waals surface area contributed by atoms with E-state index in [2.05, 4.69) is 11.8 Å². The number of ether oxygens (including phenoxy) is 2. The molecule has 5 heteroatoms. The molecule has 17 heavy (non-hydrogen) atoms. The molecule has 0 aromatic rings. The number of carbonyl (C=O) groups is 1. The Labute approximate surface area is 103 Å². The predicted molar refractivity (Wildman–Crippen MR) is 64.3 cm³/mol. The third-order valence-electron chi connectivity index (χ3n) is 2.43. The van der Waals surface area contributed by atoms with Gasteiger partial charge >= 0.3 is 0 Å². The van der Waals surface area contributed by atoms with E-state index in [1.807, 2.05) is 19.0 Å². The lowest BCUT2D eigenvalue weighted by atomic mass is 10.3. The van der Waals surface area contributed by atoms with Crippen molar-refractivity contribution >= 4 is 5.91 Å². The number of carbonyl (C=O) groups excluding carboxylic acids is 1. The number of hydrogen-bond acceptors (Lipinski definition) is 4. The lowest BCUT2D eigenvalue weighted by Gasteiger charge is -2.13. The summed E-state index contributed by atoms with van der Waals surface area (Å²) in [6, 6.07) is 0. The van der Waals surface area contributed by atoms with Crippen molar-refractivity contribution in [2.45, 2.75) is 12.5 Å². The van der Waals surface area contributed by atoms with Crippen LogP contribution in [0.15, 0.2) is 0 Å². The maximum atomic E-state index is 11.8. The largest absolute Gasteiger partial charge is 0.359 e. The van der Waals surface area contributed by atoms with Crippen LogP contribution in [0.3, 0.4) is 0 Å². The summed E-state index contributed by atoms with van der Waals surface area (Å²) in [5, 5.41) is 0. The fraction of sp³-hybridized carbons (Fsp3) is 0.750. The molecule has 0 saturated carbocycles. The summed E-state index contributed by atoms with van der Waals surface area (Å²) >= 11 is 0. The minimum absolute atomic E-state index is 0.0150. The zero-order valence-electron chi connectivity index (χ0n) is 10.7. The first-order valence-corrected chi connectivity index (χ1v) is 5.65.